The highest BCUT2D eigenvalue weighted by Crippen LogP contribution is 2.30. The van der Waals surface area contributed by atoms with Gasteiger partial charge < -0.3 is 10.4 Å². The normalized spacial score (nSPS) is 42.8. The van der Waals surface area contributed by atoms with Gasteiger partial charge in [0.2, 0.25) is 0 Å². The lowest BCUT2D eigenvalue weighted by Gasteiger charge is -2.28. The van der Waals surface area contributed by atoms with E-state index >= 15 is 0 Å². The van der Waals surface area contributed by atoms with Crippen molar-refractivity contribution in [3.8, 4) is 0 Å². The van der Waals surface area contributed by atoms with Gasteiger partial charge in [0.05, 0.1) is 6.10 Å². The van der Waals surface area contributed by atoms with Gasteiger partial charge in [-0.15, -0.1) is 12.4 Å². The maximum Gasteiger partial charge on any atom is 0.0555 e. The first-order chi connectivity index (χ1) is 4.86. The largest absolute Gasteiger partial charge is 0.393 e. The molecule has 2 aliphatic rings. The SMILES string of the molecule is Cl.OC1CCC2CCNC2C1. The van der Waals surface area contributed by atoms with Crippen molar-refractivity contribution < 1.29 is 5.11 Å². The van der Waals surface area contributed by atoms with Crippen molar-refractivity contribution in [3.05, 3.63) is 0 Å². The Labute approximate surface area is 73.8 Å². The van der Waals surface area contributed by atoms with E-state index < -0.39 is 0 Å². The minimum absolute atomic E-state index is 0. The summed E-state index contributed by atoms with van der Waals surface area (Å²) in [5.41, 5.74) is 0. The molecule has 2 N–H and O–H groups in total. The van der Waals surface area contributed by atoms with Crippen LogP contribution in [-0.4, -0.2) is 23.8 Å². The molecule has 0 bridgehead atoms. The highest BCUT2D eigenvalue weighted by atomic mass is 35.5. The molecule has 1 aliphatic heterocycles. The number of fused-ring (bicyclic) bond motifs is 1. The average molecular weight is 178 g/mol. The molecule has 3 atom stereocenters. The van der Waals surface area contributed by atoms with Gasteiger partial charge in [-0.05, 0) is 38.1 Å². The maximum atomic E-state index is 9.32. The number of halogens is 1. The molecule has 2 fully saturated rings. The summed E-state index contributed by atoms with van der Waals surface area (Å²) in [6.07, 6.45) is 4.57. The van der Waals surface area contributed by atoms with Crippen molar-refractivity contribution in [2.24, 2.45) is 5.92 Å². The number of nitrogens with one attached hydrogen (secondary N) is 1. The molecule has 0 aromatic carbocycles. The predicted molar refractivity (Wildman–Crippen MR) is 47.0 cm³/mol. The molecule has 0 radical (unpaired) electrons. The maximum absolute atomic E-state index is 9.32. The summed E-state index contributed by atoms with van der Waals surface area (Å²) in [6, 6.07) is 0.642. The standard InChI is InChI=1S/C8H15NO.ClH/c10-7-2-1-6-3-4-9-8(6)5-7;/h6-10H,1-5H2;1H. The lowest BCUT2D eigenvalue weighted by molar-refractivity contribution is 0.0983. The minimum atomic E-state index is -0.0214. The van der Waals surface area contributed by atoms with Gasteiger partial charge in [-0.3, -0.25) is 0 Å². The van der Waals surface area contributed by atoms with Gasteiger partial charge in [-0.1, -0.05) is 0 Å². The van der Waals surface area contributed by atoms with E-state index in [1.807, 2.05) is 0 Å². The number of hydrogen-bond donors (Lipinski definition) is 2. The highest BCUT2D eigenvalue weighted by Gasteiger charge is 2.32. The first-order valence-corrected chi connectivity index (χ1v) is 4.28. The third-order valence-corrected chi connectivity index (χ3v) is 2.89. The molecule has 0 spiro atoms. The van der Waals surface area contributed by atoms with E-state index in [1.54, 1.807) is 0 Å². The Hall–Kier alpha value is 0.210. The Kier molecular flexibility index (Phi) is 3.16. The monoisotopic (exact) mass is 177 g/mol. The molecule has 66 valence electrons. The Morgan fingerprint density at radius 3 is 2.82 bits per heavy atom. The lowest BCUT2D eigenvalue weighted by atomic mass is 9.84. The van der Waals surface area contributed by atoms with Crippen molar-refractivity contribution in [3.63, 3.8) is 0 Å². The number of hydrogen-bond acceptors (Lipinski definition) is 2. The molecule has 3 unspecified atom stereocenters. The third-order valence-electron chi connectivity index (χ3n) is 2.89. The summed E-state index contributed by atoms with van der Waals surface area (Å²) in [5.74, 6) is 0.878. The Morgan fingerprint density at radius 1 is 1.18 bits per heavy atom. The molecule has 2 rings (SSSR count). The van der Waals surface area contributed by atoms with Crippen LogP contribution in [0.3, 0.4) is 0 Å². The summed E-state index contributed by atoms with van der Waals surface area (Å²) >= 11 is 0. The van der Waals surface area contributed by atoms with Gasteiger partial charge in [0.25, 0.3) is 0 Å². The third kappa shape index (κ3) is 1.86. The first-order valence-electron chi connectivity index (χ1n) is 4.28. The second kappa shape index (κ2) is 3.74. The van der Waals surface area contributed by atoms with Crippen molar-refractivity contribution in [1.29, 1.82) is 0 Å². The topological polar surface area (TPSA) is 32.3 Å². The van der Waals surface area contributed by atoms with Gasteiger partial charge in [0, 0.05) is 6.04 Å². The lowest BCUT2D eigenvalue weighted by Crippen LogP contribution is -2.35. The smallest absolute Gasteiger partial charge is 0.0555 e. The van der Waals surface area contributed by atoms with E-state index in [9.17, 15) is 5.11 Å². The highest BCUT2D eigenvalue weighted by molar-refractivity contribution is 5.85. The summed E-state index contributed by atoms with van der Waals surface area (Å²) < 4.78 is 0. The molecule has 3 heteroatoms. The van der Waals surface area contributed by atoms with E-state index in [-0.39, 0.29) is 18.5 Å². The fourth-order valence-corrected chi connectivity index (χ4v) is 2.26. The molecule has 1 aliphatic carbocycles. The van der Waals surface area contributed by atoms with E-state index in [1.165, 1.54) is 19.4 Å². The second-order valence-corrected chi connectivity index (χ2v) is 3.58. The van der Waals surface area contributed by atoms with Crippen LogP contribution in [0.25, 0.3) is 0 Å². The fourth-order valence-electron chi connectivity index (χ4n) is 2.26. The molecule has 1 heterocycles. The van der Waals surface area contributed by atoms with Crippen LogP contribution in [0.4, 0.5) is 0 Å². The van der Waals surface area contributed by atoms with Crippen molar-refractivity contribution in [1.82, 2.24) is 5.32 Å². The fraction of sp³-hybridized carbons (Fsp3) is 1.00. The molecule has 0 aromatic rings. The number of rotatable bonds is 0. The van der Waals surface area contributed by atoms with Gasteiger partial charge in [-0.25, -0.2) is 0 Å². The Balaban J connectivity index is 0.000000605. The van der Waals surface area contributed by atoms with Crippen molar-refractivity contribution in [2.75, 3.05) is 6.54 Å². The van der Waals surface area contributed by atoms with Crippen molar-refractivity contribution in [2.45, 2.75) is 37.8 Å². The van der Waals surface area contributed by atoms with Crippen LogP contribution in [-0.2, 0) is 0 Å². The zero-order valence-corrected chi connectivity index (χ0v) is 7.44. The average Bonchev–Trinajstić information content (AvgIpc) is 2.33. The second-order valence-electron chi connectivity index (χ2n) is 3.58. The zero-order chi connectivity index (χ0) is 6.97. The number of aliphatic hydroxyl groups excluding tert-OH is 1. The zero-order valence-electron chi connectivity index (χ0n) is 6.62. The van der Waals surface area contributed by atoms with Crippen LogP contribution in [0.15, 0.2) is 0 Å². The first kappa shape index (κ1) is 9.30. The van der Waals surface area contributed by atoms with Crippen LogP contribution in [0.2, 0.25) is 0 Å². The van der Waals surface area contributed by atoms with Crippen LogP contribution in [0.5, 0.6) is 0 Å². The Bertz CT molecular complexity index is 131. The van der Waals surface area contributed by atoms with Gasteiger partial charge in [0.1, 0.15) is 0 Å². The molecule has 11 heavy (non-hydrogen) atoms. The predicted octanol–water partition coefficient (Wildman–Crippen LogP) is 0.931. The van der Waals surface area contributed by atoms with Gasteiger partial charge in [0.15, 0.2) is 0 Å². The van der Waals surface area contributed by atoms with Gasteiger partial charge in [-0.2, -0.15) is 0 Å². The van der Waals surface area contributed by atoms with E-state index in [0.29, 0.717) is 6.04 Å². The summed E-state index contributed by atoms with van der Waals surface area (Å²) in [4.78, 5) is 0. The van der Waals surface area contributed by atoms with Gasteiger partial charge >= 0.3 is 0 Å². The van der Waals surface area contributed by atoms with E-state index in [2.05, 4.69) is 5.32 Å². The molecule has 1 saturated carbocycles. The van der Waals surface area contributed by atoms with Crippen LogP contribution in [0, 0.1) is 5.92 Å². The molecule has 0 amide bonds. The molecular formula is C8H16ClNO. The van der Waals surface area contributed by atoms with Crippen LogP contribution < -0.4 is 5.32 Å². The van der Waals surface area contributed by atoms with Crippen molar-refractivity contribution >= 4 is 12.4 Å². The molecular weight excluding hydrogens is 162 g/mol. The van der Waals surface area contributed by atoms with Crippen LogP contribution >= 0.6 is 12.4 Å². The van der Waals surface area contributed by atoms with E-state index in [4.69, 9.17) is 0 Å². The number of aliphatic hydroxyl groups is 1. The summed E-state index contributed by atoms with van der Waals surface area (Å²) in [6.45, 7) is 1.17. The van der Waals surface area contributed by atoms with Crippen LogP contribution in [0.1, 0.15) is 25.7 Å². The molecule has 1 saturated heterocycles. The quantitative estimate of drug-likeness (QED) is 0.577. The summed E-state index contributed by atoms with van der Waals surface area (Å²) in [7, 11) is 0. The van der Waals surface area contributed by atoms with E-state index in [0.717, 1.165) is 18.8 Å². The Morgan fingerprint density at radius 2 is 2.00 bits per heavy atom. The molecule has 2 nitrogen and oxygen atoms in total. The minimum Gasteiger partial charge on any atom is -0.393 e. The summed E-state index contributed by atoms with van der Waals surface area (Å²) in [5, 5.41) is 12.7. The molecule has 0 aromatic heterocycles.